The van der Waals surface area contributed by atoms with Gasteiger partial charge < -0.3 is 29.1 Å². The summed E-state index contributed by atoms with van der Waals surface area (Å²) in [4.78, 5) is 58.8. The zero-order valence-electron chi connectivity index (χ0n) is 24.6. The number of likely N-dealkylation sites (tertiary alicyclic amines) is 1. The normalized spacial score (nSPS) is 28.0. The number of nitrogens with zero attached hydrogens (tertiary/aromatic N) is 4. The Balaban J connectivity index is 1.19. The van der Waals surface area contributed by atoms with Crippen molar-refractivity contribution >= 4 is 41.1 Å². The summed E-state index contributed by atoms with van der Waals surface area (Å²) in [6.45, 7) is 4.34. The van der Waals surface area contributed by atoms with Crippen LogP contribution < -0.4 is 14.7 Å². The van der Waals surface area contributed by atoms with Gasteiger partial charge in [-0.05, 0) is 55.2 Å². The lowest BCUT2D eigenvalue weighted by Crippen LogP contribution is -2.44. The predicted molar refractivity (Wildman–Crippen MR) is 158 cm³/mol. The maximum Gasteiger partial charge on any atom is 0.414 e. The summed E-state index contributed by atoms with van der Waals surface area (Å²) in [6, 6.07) is 12.8. The Morgan fingerprint density at radius 1 is 0.955 bits per heavy atom. The van der Waals surface area contributed by atoms with Crippen molar-refractivity contribution in [1.29, 1.82) is 0 Å². The Labute approximate surface area is 255 Å². The summed E-state index contributed by atoms with van der Waals surface area (Å²) in [5, 5.41) is 9.73. The summed E-state index contributed by atoms with van der Waals surface area (Å²) in [7, 11) is 0. The fraction of sp³-hybridized carbons (Fsp3) is 0.500. The molecule has 1 spiro atoms. The molecule has 0 aliphatic carbocycles. The van der Waals surface area contributed by atoms with E-state index in [1.54, 1.807) is 19.6 Å². The Kier molecular flexibility index (Phi) is 7.20. The highest BCUT2D eigenvalue weighted by atomic mass is 16.6. The van der Waals surface area contributed by atoms with E-state index in [-0.39, 0.29) is 49.4 Å². The number of aliphatic hydroxyl groups is 1. The van der Waals surface area contributed by atoms with Gasteiger partial charge in [0.2, 0.25) is 5.91 Å². The molecule has 0 bridgehead atoms. The number of ether oxygens (including phenoxy) is 3. The number of cyclic esters (lactones) is 2. The third-order valence-electron chi connectivity index (χ3n) is 9.63. The molecule has 5 heterocycles. The van der Waals surface area contributed by atoms with E-state index in [1.807, 2.05) is 49.4 Å². The minimum Gasteiger partial charge on any atom is -0.447 e. The van der Waals surface area contributed by atoms with Gasteiger partial charge >= 0.3 is 12.2 Å². The van der Waals surface area contributed by atoms with E-state index >= 15 is 0 Å². The van der Waals surface area contributed by atoms with Gasteiger partial charge in [0.1, 0.15) is 13.2 Å². The molecule has 1 N–H and O–H groups in total. The molecule has 2 aromatic carbocycles. The van der Waals surface area contributed by atoms with Crippen LogP contribution in [0.4, 0.5) is 26.7 Å². The van der Waals surface area contributed by atoms with Gasteiger partial charge in [0.15, 0.2) is 5.60 Å². The van der Waals surface area contributed by atoms with Crippen LogP contribution in [0.25, 0.3) is 0 Å². The maximum atomic E-state index is 14.5. The minimum atomic E-state index is -1.32. The lowest BCUT2D eigenvalue weighted by Gasteiger charge is -2.29. The Morgan fingerprint density at radius 3 is 2.30 bits per heavy atom. The molecule has 4 fully saturated rings. The number of benzene rings is 2. The van der Waals surface area contributed by atoms with Crippen molar-refractivity contribution in [3.63, 3.8) is 0 Å². The van der Waals surface area contributed by atoms with Crippen molar-refractivity contribution in [2.45, 2.75) is 56.9 Å². The van der Waals surface area contributed by atoms with E-state index in [0.717, 1.165) is 24.1 Å². The molecule has 2 aromatic rings. The molecule has 12 nitrogen and oxygen atoms in total. The van der Waals surface area contributed by atoms with Gasteiger partial charge in [0.05, 0.1) is 50.5 Å². The van der Waals surface area contributed by atoms with Crippen LogP contribution in [-0.4, -0.2) is 85.6 Å². The van der Waals surface area contributed by atoms with Gasteiger partial charge in [-0.1, -0.05) is 19.1 Å². The summed E-state index contributed by atoms with van der Waals surface area (Å²) in [5.74, 6) is -0.528. The third kappa shape index (κ3) is 4.58. The Hall–Kier alpha value is -4.16. The van der Waals surface area contributed by atoms with Gasteiger partial charge in [-0.25, -0.2) is 9.59 Å². The number of carbonyl (C=O) groups excluding carboxylic acids is 4. The van der Waals surface area contributed by atoms with Crippen molar-refractivity contribution in [1.82, 2.24) is 4.90 Å². The third-order valence-corrected chi connectivity index (χ3v) is 9.63. The average molecular weight is 605 g/mol. The second-order valence-corrected chi connectivity index (χ2v) is 12.2. The van der Waals surface area contributed by atoms with E-state index < -0.39 is 17.8 Å². The van der Waals surface area contributed by atoms with Gasteiger partial charge in [-0.15, -0.1) is 0 Å². The minimum absolute atomic E-state index is 0.0662. The quantitative estimate of drug-likeness (QED) is 0.511. The van der Waals surface area contributed by atoms with Crippen LogP contribution in [-0.2, 0) is 35.9 Å². The number of amides is 4. The van der Waals surface area contributed by atoms with Crippen LogP contribution in [0.3, 0.4) is 0 Å². The van der Waals surface area contributed by atoms with Crippen LogP contribution in [0.1, 0.15) is 43.7 Å². The molecule has 5 aliphatic heterocycles. The van der Waals surface area contributed by atoms with Crippen molar-refractivity contribution in [3.05, 3.63) is 53.6 Å². The fourth-order valence-electron chi connectivity index (χ4n) is 7.40. The molecule has 4 amide bonds. The first-order chi connectivity index (χ1) is 21.3. The van der Waals surface area contributed by atoms with Crippen LogP contribution in [0.5, 0.6) is 0 Å². The van der Waals surface area contributed by atoms with Crippen molar-refractivity contribution in [2.24, 2.45) is 5.92 Å². The first-order valence-electron chi connectivity index (χ1n) is 15.3. The van der Waals surface area contributed by atoms with Gasteiger partial charge in [-0.2, -0.15) is 0 Å². The first-order valence-corrected chi connectivity index (χ1v) is 15.3. The predicted octanol–water partition coefficient (Wildman–Crippen LogP) is 3.14. The van der Waals surface area contributed by atoms with E-state index in [2.05, 4.69) is 0 Å². The van der Waals surface area contributed by atoms with Crippen molar-refractivity contribution in [2.75, 3.05) is 54.2 Å². The summed E-state index contributed by atoms with van der Waals surface area (Å²) >= 11 is 0. The topological polar surface area (TPSA) is 129 Å². The maximum absolute atomic E-state index is 14.5. The summed E-state index contributed by atoms with van der Waals surface area (Å²) < 4.78 is 16.9. The summed E-state index contributed by atoms with van der Waals surface area (Å²) in [5.41, 5.74) is 2.27. The van der Waals surface area contributed by atoms with Crippen LogP contribution in [0.2, 0.25) is 0 Å². The SMILES string of the molecule is C[C@@H]1C[C@H](CC(=O)N2CCC[C@H]2CO)O[C@@]12C(=O)N(Cc1ccc(N3CCOC3=O)cc1)c1ccc(N3CCOC3=O)cc12. The monoisotopic (exact) mass is 604 g/mol. The second-order valence-electron chi connectivity index (χ2n) is 12.2. The number of hydrogen-bond donors (Lipinski definition) is 1. The second kappa shape index (κ2) is 11.1. The number of hydrogen-bond acceptors (Lipinski definition) is 8. The molecule has 0 aromatic heterocycles. The smallest absolute Gasteiger partial charge is 0.414 e. The molecule has 0 unspecified atom stereocenters. The van der Waals surface area contributed by atoms with E-state index in [4.69, 9.17) is 14.2 Å². The number of carbonyl (C=O) groups is 4. The van der Waals surface area contributed by atoms with E-state index in [0.29, 0.717) is 56.2 Å². The molecule has 0 radical (unpaired) electrons. The molecule has 232 valence electrons. The molecule has 12 heteroatoms. The number of rotatable bonds is 7. The molecular weight excluding hydrogens is 568 g/mol. The van der Waals surface area contributed by atoms with Gasteiger partial charge in [0.25, 0.3) is 5.91 Å². The van der Waals surface area contributed by atoms with Crippen molar-refractivity contribution in [3.8, 4) is 0 Å². The van der Waals surface area contributed by atoms with Crippen LogP contribution >= 0.6 is 0 Å². The molecule has 44 heavy (non-hydrogen) atoms. The molecular formula is C32H36N4O8. The van der Waals surface area contributed by atoms with Gasteiger partial charge in [-0.3, -0.25) is 19.4 Å². The largest absolute Gasteiger partial charge is 0.447 e. The van der Waals surface area contributed by atoms with E-state index in [1.165, 1.54) is 0 Å². The zero-order valence-corrected chi connectivity index (χ0v) is 24.6. The number of fused-ring (bicyclic) bond motifs is 2. The van der Waals surface area contributed by atoms with Crippen molar-refractivity contribution < 1.29 is 38.5 Å². The molecule has 4 saturated heterocycles. The number of aliphatic hydroxyl groups excluding tert-OH is 1. The highest BCUT2D eigenvalue weighted by Crippen LogP contribution is 2.55. The van der Waals surface area contributed by atoms with E-state index in [9.17, 15) is 24.3 Å². The molecule has 5 aliphatic rings. The highest BCUT2D eigenvalue weighted by molar-refractivity contribution is 6.08. The number of anilines is 3. The zero-order chi connectivity index (χ0) is 30.6. The first kappa shape index (κ1) is 28.6. The lowest BCUT2D eigenvalue weighted by molar-refractivity contribution is -0.150. The van der Waals surface area contributed by atoms with Crippen LogP contribution in [0.15, 0.2) is 42.5 Å². The summed E-state index contributed by atoms with van der Waals surface area (Å²) in [6.07, 6.45) is 0.985. The molecule has 7 rings (SSSR count). The highest BCUT2D eigenvalue weighted by Gasteiger charge is 2.60. The Morgan fingerprint density at radius 2 is 1.64 bits per heavy atom. The lowest BCUT2D eigenvalue weighted by atomic mass is 9.82. The van der Waals surface area contributed by atoms with Gasteiger partial charge in [0, 0.05) is 29.4 Å². The van der Waals surface area contributed by atoms with Crippen LogP contribution in [0, 0.1) is 5.92 Å². The molecule has 0 saturated carbocycles. The Bertz CT molecular complexity index is 1500. The molecule has 4 atom stereocenters. The fourth-order valence-corrected chi connectivity index (χ4v) is 7.40. The standard InChI is InChI=1S/C32H36N4O8/c1-20-15-25(17-28(38)33-10-2-3-24(33)19-37)44-32(20)26-16-23(35-12-14-43-31(35)41)8-9-27(26)36(29(32)39)18-21-4-6-22(7-5-21)34-11-13-42-30(34)40/h4-9,16,20,24-25,37H,2-3,10-15,17-19H2,1H3/t20-,24+,25-,32+/m1/s1. The average Bonchev–Trinajstić information content (AvgIpc) is 3.85.